The van der Waals surface area contributed by atoms with Crippen molar-refractivity contribution in [3.05, 3.63) is 0 Å². The maximum absolute atomic E-state index is 12.1. The molecule has 2 aliphatic rings. The highest BCUT2D eigenvalue weighted by Gasteiger charge is 2.37. The number of hydrogen-bond acceptors (Lipinski definition) is 3. The van der Waals surface area contributed by atoms with E-state index in [0.29, 0.717) is 18.6 Å². The minimum Gasteiger partial charge on any atom is -0.393 e. The van der Waals surface area contributed by atoms with Gasteiger partial charge in [0.15, 0.2) is 0 Å². The van der Waals surface area contributed by atoms with Crippen molar-refractivity contribution in [2.45, 2.75) is 57.7 Å². The van der Waals surface area contributed by atoms with Crippen molar-refractivity contribution in [3.63, 3.8) is 0 Å². The van der Waals surface area contributed by atoms with Gasteiger partial charge in [-0.3, -0.25) is 10.1 Å². The molecule has 2 N–H and O–H groups in total. The van der Waals surface area contributed by atoms with Crippen molar-refractivity contribution >= 4 is 5.91 Å². The molecule has 1 atom stereocenters. The number of carbonyl (C=O) groups excluding carboxylic acids is 1. The van der Waals surface area contributed by atoms with Gasteiger partial charge in [0.2, 0.25) is 5.91 Å². The summed E-state index contributed by atoms with van der Waals surface area (Å²) in [6.07, 6.45) is 3.41. The van der Waals surface area contributed by atoms with E-state index in [0.717, 1.165) is 25.7 Å². The lowest BCUT2D eigenvalue weighted by Gasteiger charge is -2.32. The van der Waals surface area contributed by atoms with Crippen LogP contribution in [0, 0.1) is 5.92 Å². The third-order valence-corrected chi connectivity index (χ3v) is 3.80. The van der Waals surface area contributed by atoms with E-state index in [4.69, 9.17) is 0 Å². The molecule has 4 heteroatoms. The van der Waals surface area contributed by atoms with E-state index in [-0.39, 0.29) is 18.1 Å². The molecule has 16 heavy (non-hydrogen) atoms. The van der Waals surface area contributed by atoms with Gasteiger partial charge in [0.05, 0.1) is 18.8 Å². The fourth-order valence-corrected chi connectivity index (χ4v) is 2.74. The Labute approximate surface area is 97.0 Å². The zero-order valence-electron chi connectivity index (χ0n) is 10.1. The molecule has 1 saturated heterocycles. The molecule has 0 radical (unpaired) electrons. The summed E-state index contributed by atoms with van der Waals surface area (Å²) >= 11 is 0. The lowest BCUT2D eigenvalue weighted by Crippen LogP contribution is -2.42. The quantitative estimate of drug-likeness (QED) is 0.729. The molecule has 2 fully saturated rings. The molecule has 4 nitrogen and oxygen atoms in total. The first kappa shape index (κ1) is 11.9. The Bertz CT molecular complexity index is 260. The van der Waals surface area contributed by atoms with Crippen molar-refractivity contribution in [3.8, 4) is 0 Å². The maximum Gasteiger partial charge on any atom is 0.241 e. The van der Waals surface area contributed by atoms with E-state index in [2.05, 4.69) is 19.2 Å². The standard InChI is InChI=1S/C12H22N2O2/c1-8(2)11-12(16)14(7-13-11)9-3-5-10(15)6-4-9/h8-11,13,15H,3-7H2,1-2H3. The topological polar surface area (TPSA) is 52.6 Å². The molecule has 1 unspecified atom stereocenters. The summed E-state index contributed by atoms with van der Waals surface area (Å²) in [4.78, 5) is 14.1. The Morgan fingerprint density at radius 2 is 1.94 bits per heavy atom. The average Bonchev–Trinajstić information content (AvgIpc) is 2.61. The van der Waals surface area contributed by atoms with Gasteiger partial charge < -0.3 is 10.0 Å². The summed E-state index contributed by atoms with van der Waals surface area (Å²) < 4.78 is 0. The van der Waals surface area contributed by atoms with Gasteiger partial charge in [0, 0.05) is 6.04 Å². The second-order valence-corrected chi connectivity index (χ2v) is 5.35. The van der Waals surface area contributed by atoms with Crippen LogP contribution < -0.4 is 5.32 Å². The summed E-state index contributed by atoms with van der Waals surface area (Å²) in [5.74, 6) is 0.600. The maximum atomic E-state index is 12.1. The molecule has 0 aromatic carbocycles. The Morgan fingerprint density at radius 3 is 2.44 bits per heavy atom. The summed E-state index contributed by atoms with van der Waals surface area (Å²) in [5.41, 5.74) is 0. The van der Waals surface area contributed by atoms with Gasteiger partial charge in [-0.25, -0.2) is 0 Å². The highest BCUT2D eigenvalue weighted by atomic mass is 16.3. The molecule has 1 amide bonds. The predicted molar refractivity (Wildman–Crippen MR) is 61.7 cm³/mol. The number of aliphatic hydroxyl groups excluding tert-OH is 1. The van der Waals surface area contributed by atoms with Crippen LogP contribution in [0.1, 0.15) is 39.5 Å². The number of carbonyl (C=O) groups is 1. The normalized spacial score (nSPS) is 36.1. The number of rotatable bonds is 2. The van der Waals surface area contributed by atoms with Crippen molar-refractivity contribution in [1.29, 1.82) is 0 Å². The Hall–Kier alpha value is -0.610. The number of aliphatic hydroxyl groups is 1. The summed E-state index contributed by atoms with van der Waals surface area (Å²) in [6, 6.07) is 0.332. The molecule has 2 rings (SSSR count). The zero-order chi connectivity index (χ0) is 11.7. The fraction of sp³-hybridized carbons (Fsp3) is 0.917. The first-order chi connectivity index (χ1) is 7.59. The highest BCUT2D eigenvalue weighted by molar-refractivity contribution is 5.84. The highest BCUT2D eigenvalue weighted by Crippen LogP contribution is 2.25. The molecule has 0 bridgehead atoms. The molecule has 1 aliphatic carbocycles. The minimum atomic E-state index is -0.150. The first-order valence-corrected chi connectivity index (χ1v) is 6.31. The molecule has 0 aromatic heterocycles. The SMILES string of the molecule is CC(C)C1NCN(C2CCC(O)CC2)C1=O. The second kappa shape index (κ2) is 4.72. The molecular formula is C12H22N2O2. The van der Waals surface area contributed by atoms with Crippen molar-refractivity contribution in [1.82, 2.24) is 10.2 Å². The number of amides is 1. The lowest BCUT2D eigenvalue weighted by molar-refractivity contribution is -0.132. The van der Waals surface area contributed by atoms with Gasteiger partial charge >= 0.3 is 0 Å². The van der Waals surface area contributed by atoms with Crippen LogP contribution in [0.15, 0.2) is 0 Å². The zero-order valence-corrected chi connectivity index (χ0v) is 10.1. The summed E-state index contributed by atoms with van der Waals surface area (Å²) in [7, 11) is 0. The van der Waals surface area contributed by atoms with Gasteiger partial charge in [-0.2, -0.15) is 0 Å². The van der Waals surface area contributed by atoms with Crippen molar-refractivity contribution < 1.29 is 9.90 Å². The Balaban J connectivity index is 1.94. The van der Waals surface area contributed by atoms with Gasteiger partial charge in [0.25, 0.3) is 0 Å². The van der Waals surface area contributed by atoms with E-state index >= 15 is 0 Å². The van der Waals surface area contributed by atoms with E-state index in [1.165, 1.54) is 0 Å². The van der Waals surface area contributed by atoms with Crippen LogP contribution in [0.5, 0.6) is 0 Å². The summed E-state index contributed by atoms with van der Waals surface area (Å²) in [6.45, 7) is 4.83. The molecular weight excluding hydrogens is 204 g/mol. The molecule has 1 saturated carbocycles. The third-order valence-electron chi connectivity index (χ3n) is 3.80. The van der Waals surface area contributed by atoms with Crippen molar-refractivity contribution in [2.75, 3.05) is 6.67 Å². The predicted octanol–water partition coefficient (Wildman–Crippen LogP) is 0.704. The van der Waals surface area contributed by atoms with E-state index in [1.807, 2.05) is 4.90 Å². The van der Waals surface area contributed by atoms with Gasteiger partial charge in [0.1, 0.15) is 0 Å². The Kier molecular flexibility index (Phi) is 3.50. The summed E-state index contributed by atoms with van der Waals surface area (Å²) in [5, 5.41) is 12.7. The smallest absolute Gasteiger partial charge is 0.241 e. The second-order valence-electron chi connectivity index (χ2n) is 5.35. The molecule has 92 valence electrons. The van der Waals surface area contributed by atoms with Gasteiger partial charge in [-0.05, 0) is 31.6 Å². The lowest BCUT2D eigenvalue weighted by atomic mass is 9.92. The monoisotopic (exact) mass is 226 g/mol. The van der Waals surface area contributed by atoms with Crippen LogP contribution in [0.2, 0.25) is 0 Å². The number of nitrogens with zero attached hydrogens (tertiary/aromatic N) is 1. The van der Waals surface area contributed by atoms with E-state index in [1.54, 1.807) is 0 Å². The van der Waals surface area contributed by atoms with Crippen LogP contribution in [-0.2, 0) is 4.79 Å². The van der Waals surface area contributed by atoms with Crippen LogP contribution in [0.25, 0.3) is 0 Å². The minimum absolute atomic E-state index is 0.00755. The van der Waals surface area contributed by atoms with E-state index in [9.17, 15) is 9.90 Å². The van der Waals surface area contributed by atoms with Crippen LogP contribution in [0.4, 0.5) is 0 Å². The van der Waals surface area contributed by atoms with Gasteiger partial charge in [-0.15, -0.1) is 0 Å². The van der Waals surface area contributed by atoms with Gasteiger partial charge in [-0.1, -0.05) is 13.8 Å². The first-order valence-electron chi connectivity index (χ1n) is 6.31. The third kappa shape index (κ3) is 2.23. The van der Waals surface area contributed by atoms with Crippen molar-refractivity contribution in [2.24, 2.45) is 5.92 Å². The van der Waals surface area contributed by atoms with Crippen LogP contribution in [-0.4, -0.2) is 40.8 Å². The van der Waals surface area contributed by atoms with E-state index < -0.39 is 0 Å². The number of nitrogens with one attached hydrogen (secondary N) is 1. The molecule has 0 aromatic rings. The molecule has 1 aliphatic heterocycles. The average molecular weight is 226 g/mol. The number of hydrogen-bond donors (Lipinski definition) is 2. The van der Waals surface area contributed by atoms with Crippen LogP contribution in [0.3, 0.4) is 0 Å². The van der Waals surface area contributed by atoms with Crippen LogP contribution >= 0.6 is 0 Å². The Morgan fingerprint density at radius 1 is 1.31 bits per heavy atom. The molecule has 1 heterocycles. The fourth-order valence-electron chi connectivity index (χ4n) is 2.74. The molecule has 0 spiro atoms. The largest absolute Gasteiger partial charge is 0.393 e.